The van der Waals surface area contributed by atoms with Gasteiger partial charge in [0, 0.05) is 17.6 Å². The molecule has 0 spiro atoms. The molecule has 0 unspecified atom stereocenters. The molecule has 3 aromatic rings. The summed E-state index contributed by atoms with van der Waals surface area (Å²) in [7, 11) is 0. The summed E-state index contributed by atoms with van der Waals surface area (Å²) in [5, 5.41) is 4.78. The normalized spacial score (nSPS) is 10.5. The van der Waals surface area contributed by atoms with E-state index in [0.717, 1.165) is 23.9 Å². The van der Waals surface area contributed by atoms with Crippen LogP contribution in [-0.4, -0.2) is 15.9 Å². The zero-order valence-corrected chi connectivity index (χ0v) is 12.6. The highest BCUT2D eigenvalue weighted by Crippen LogP contribution is 2.22. The van der Waals surface area contributed by atoms with Gasteiger partial charge in [0.25, 0.3) is 0 Å². The van der Waals surface area contributed by atoms with Gasteiger partial charge in [-0.2, -0.15) is 0 Å². The van der Waals surface area contributed by atoms with Gasteiger partial charge in [0.1, 0.15) is 16.6 Å². The van der Waals surface area contributed by atoms with E-state index in [1.165, 1.54) is 11.3 Å². The largest absolute Gasteiger partial charge is 0.323 e. The number of rotatable bonds is 4. The van der Waals surface area contributed by atoms with E-state index in [1.807, 2.05) is 12.1 Å². The van der Waals surface area contributed by atoms with Gasteiger partial charge in [0.15, 0.2) is 0 Å². The van der Waals surface area contributed by atoms with Crippen molar-refractivity contribution < 1.29 is 13.6 Å². The van der Waals surface area contributed by atoms with Gasteiger partial charge in [-0.3, -0.25) is 9.78 Å². The lowest BCUT2D eigenvalue weighted by Gasteiger charge is -2.05. The van der Waals surface area contributed by atoms with Crippen LogP contribution in [0.1, 0.15) is 5.69 Å². The van der Waals surface area contributed by atoms with E-state index in [0.29, 0.717) is 10.7 Å². The summed E-state index contributed by atoms with van der Waals surface area (Å²) >= 11 is 1.37. The second kappa shape index (κ2) is 6.62. The number of thiazole rings is 1. The molecule has 0 aliphatic carbocycles. The number of amides is 1. The molecule has 0 aliphatic rings. The molecule has 4 nitrogen and oxygen atoms in total. The first-order valence-corrected chi connectivity index (χ1v) is 7.60. The number of carbonyl (C=O) groups excluding carboxylic acids is 1. The summed E-state index contributed by atoms with van der Waals surface area (Å²) in [5.41, 5.74) is 1.08. The van der Waals surface area contributed by atoms with Crippen LogP contribution in [0.3, 0.4) is 0 Å². The van der Waals surface area contributed by atoms with E-state index in [2.05, 4.69) is 15.3 Å². The number of hydrogen-bond acceptors (Lipinski definition) is 4. The molecule has 116 valence electrons. The number of aromatic nitrogens is 2. The monoisotopic (exact) mass is 331 g/mol. The van der Waals surface area contributed by atoms with Crippen LogP contribution >= 0.6 is 11.3 Å². The van der Waals surface area contributed by atoms with Crippen LogP contribution < -0.4 is 5.32 Å². The van der Waals surface area contributed by atoms with Crippen LogP contribution in [0.2, 0.25) is 0 Å². The van der Waals surface area contributed by atoms with Gasteiger partial charge in [-0.25, -0.2) is 13.8 Å². The minimum Gasteiger partial charge on any atom is -0.323 e. The van der Waals surface area contributed by atoms with E-state index in [4.69, 9.17) is 0 Å². The van der Waals surface area contributed by atoms with E-state index in [9.17, 15) is 13.6 Å². The molecule has 0 atom stereocenters. The Morgan fingerprint density at radius 1 is 1.22 bits per heavy atom. The molecule has 0 aliphatic heterocycles. The maximum Gasteiger partial charge on any atom is 0.230 e. The van der Waals surface area contributed by atoms with Gasteiger partial charge < -0.3 is 5.32 Å². The molecule has 7 heteroatoms. The highest BCUT2D eigenvalue weighted by atomic mass is 32.1. The number of halogens is 2. The maximum absolute atomic E-state index is 13.5. The Labute approximate surface area is 134 Å². The number of hydrogen-bond donors (Lipinski definition) is 1. The van der Waals surface area contributed by atoms with Crippen molar-refractivity contribution in [2.75, 3.05) is 5.32 Å². The molecule has 0 saturated heterocycles. The predicted molar refractivity (Wildman–Crippen MR) is 84.0 cm³/mol. The smallest absolute Gasteiger partial charge is 0.230 e. The fraction of sp³-hybridized carbons (Fsp3) is 0.0625. The summed E-state index contributed by atoms with van der Waals surface area (Å²) < 4.78 is 26.6. The predicted octanol–water partition coefficient (Wildman–Crippen LogP) is 3.66. The second-order valence-electron chi connectivity index (χ2n) is 4.71. The van der Waals surface area contributed by atoms with Gasteiger partial charge in [-0.1, -0.05) is 6.07 Å². The minimum absolute atomic E-state index is 0.0285. The number of nitrogens with one attached hydrogen (secondary N) is 1. The third-order valence-corrected chi connectivity index (χ3v) is 3.89. The van der Waals surface area contributed by atoms with E-state index >= 15 is 0 Å². The number of benzene rings is 1. The fourth-order valence-electron chi connectivity index (χ4n) is 1.95. The Bertz CT molecular complexity index is 836. The fourth-order valence-corrected chi connectivity index (χ4v) is 2.74. The number of anilines is 1. The molecule has 2 aromatic heterocycles. The van der Waals surface area contributed by atoms with Crippen molar-refractivity contribution in [3.8, 4) is 10.7 Å². The Morgan fingerprint density at radius 2 is 2.09 bits per heavy atom. The number of nitrogens with zero attached hydrogens (tertiary/aromatic N) is 2. The van der Waals surface area contributed by atoms with Crippen molar-refractivity contribution in [2.24, 2.45) is 0 Å². The van der Waals surface area contributed by atoms with Crippen LogP contribution in [0.4, 0.5) is 14.5 Å². The Hall–Kier alpha value is -2.67. The van der Waals surface area contributed by atoms with Gasteiger partial charge in [-0.15, -0.1) is 11.3 Å². The van der Waals surface area contributed by atoms with Crippen molar-refractivity contribution in [1.82, 2.24) is 9.97 Å². The van der Waals surface area contributed by atoms with Gasteiger partial charge in [0.2, 0.25) is 5.91 Å². The van der Waals surface area contributed by atoms with E-state index < -0.39 is 17.5 Å². The quantitative estimate of drug-likeness (QED) is 0.794. The average molecular weight is 331 g/mol. The summed E-state index contributed by atoms with van der Waals surface area (Å²) in [6.45, 7) is 0. The molecular weight excluding hydrogens is 320 g/mol. The zero-order valence-electron chi connectivity index (χ0n) is 11.8. The van der Waals surface area contributed by atoms with Crippen molar-refractivity contribution in [2.45, 2.75) is 6.42 Å². The van der Waals surface area contributed by atoms with Crippen molar-refractivity contribution in [1.29, 1.82) is 0 Å². The lowest BCUT2D eigenvalue weighted by molar-refractivity contribution is -0.115. The van der Waals surface area contributed by atoms with Crippen molar-refractivity contribution in [3.63, 3.8) is 0 Å². The molecule has 0 saturated carbocycles. The Balaban J connectivity index is 1.69. The molecule has 3 rings (SSSR count). The lowest BCUT2D eigenvalue weighted by Crippen LogP contribution is -2.15. The Kier molecular flexibility index (Phi) is 4.38. The minimum atomic E-state index is -0.688. The molecule has 1 amide bonds. The second-order valence-corrected chi connectivity index (χ2v) is 5.57. The molecular formula is C16H11F2N3OS. The molecule has 2 heterocycles. The standard InChI is InChI=1S/C16H11F2N3OS/c17-10-4-5-12(18)14(7-10)21-15(22)8-11-9-23-16(20-11)13-3-1-2-6-19-13/h1-7,9H,8H2,(H,21,22). The van der Waals surface area contributed by atoms with Crippen LogP contribution in [0.5, 0.6) is 0 Å². The van der Waals surface area contributed by atoms with Crippen LogP contribution in [-0.2, 0) is 11.2 Å². The molecule has 0 radical (unpaired) electrons. The summed E-state index contributed by atoms with van der Waals surface area (Å²) in [6.07, 6.45) is 1.63. The summed E-state index contributed by atoms with van der Waals surface area (Å²) in [4.78, 5) is 20.5. The summed E-state index contributed by atoms with van der Waals surface area (Å²) in [6, 6.07) is 8.37. The first-order valence-electron chi connectivity index (χ1n) is 6.72. The Morgan fingerprint density at radius 3 is 2.87 bits per heavy atom. The highest BCUT2D eigenvalue weighted by Gasteiger charge is 2.12. The average Bonchev–Trinajstić information content (AvgIpc) is 3.00. The first kappa shape index (κ1) is 15.2. The van der Waals surface area contributed by atoms with Crippen LogP contribution in [0.25, 0.3) is 10.7 Å². The van der Waals surface area contributed by atoms with Gasteiger partial charge >= 0.3 is 0 Å². The van der Waals surface area contributed by atoms with Gasteiger partial charge in [0.05, 0.1) is 23.5 Å². The lowest BCUT2D eigenvalue weighted by atomic mass is 10.2. The van der Waals surface area contributed by atoms with E-state index in [-0.39, 0.29) is 12.1 Å². The number of carbonyl (C=O) groups is 1. The first-order chi connectivity index (χ1) is 11.1. The molecule has 0 fully saturated rings. The zero-order chi connectivity index (χ0) is 16.2. The SMILES string of the molecule is O=C(Cc1csc(-c2ccccn2)n1)Nc1cc(F)ccc1F. The highest BCUT2D eigenvalue weighted by molar-refractivity contribution is 7.13. The van der Waals surface area contributed by atoms with Crippen molar-refractivity contribution >= 4 is 22.9 Å². The number of pyridine rings is 1. The van der Waals surface area contributed by atoms with Gasteiger partial charge in [-0.05, 0) is 24.3 Å². The molecule has 1 N–H and O–H groups in total. The maximum atomic E-state index is 13.5. The third kappa shape index (κ3) is 3.75. The summed E-state index contributed by atoms with van der Waals surface area (Å²) in [5.74, 6) is -1.77. The third-order valence-electron chi connectivity index (χ3n) is 2.98. The van der Waals surface area contributed by atoms with Crippen LogP contribution in [0, 0.1) is 11.6 Å². The van der Waals surface area contributed by atoms with Crippen LogP contribution in [0.15, 0.2) is 48.0 Å². The molecule has 23 heavy (non-hydrogen) atoms. The van der Waals surface area contributed by atoms with Crippen molar-refractivity contribution in [3.05, 3.63) is 65.3 Å². The topological polar surface area (TPSA) is 54.9 Å². The molecule has 1 aromatic carbocycles. The van der Waals surface area contributed by atoms with E-state index in [1.54, 1.807) is 17.6 Å². The molecule has 0 bridgehead atoms.